The first-order valence-corrected chi connectivity index (χ1v) is 6.45. The molecule has 1 aliphatic carbocycles. The van der Waals surface area contributed by atoms with Crippen LogP contribution in [0.15, 0.2) is 18.2 Å². The Hall–Kier alpha value is -1.31. The molecule has 0 bridgehead atoms. The highest BCUT2D eigenvalue weighted by Crippen LogP contribution is 2.38. The molecule has 0 aromatic heterocycles. The molecule has 2 unspecified atom stereocenters. The van der Waals surface area contributed by atoms with E-state index in [-0.39, 0.29) is 12.3 Å². The zero-order valence-electron chi connectivity index (χ0n) is 10.6. The summed E-state index contributed by atoms with van der Waals surface area (Å²) in [6.45, 7) is 4.31. The van der Waals surface area contributed by atoms with E-state index in [0.717, 1.165) is 19.3 Å². The molecule has 0 saturated heterocycles. The molecule has 0 aliphatic heterocycles. The van der Waals surface area contributed by atoms with E-state index in [1.165, 1.54) is 16.7 Å². The third kappa shape index (κ3) is 2.51. The van der Waals surface area contributed by atoms with Crippen molar-refractivity contribution in [2.45, 2.75) is 45.4 Å². The molecule has 2 rings (SSSR count). The van der Waals surface area contributed by atoms with Crippen LogP contribution in [0, 0.1) is 5.92 Å². The molecule has 1 aromatic rings. The number of aryl methyl sites for hydroxylation is 2. The van der Waals surface area contributed by atoms with Crippen LogP contribution in [-0.2, 0) is 17.6 Å². The Labute approximate surface area is 103 Å². The molecule has 1 aliphatic rings. The summed E-state index contributed by atoms with van der Waals surface area (Å²) in [5.74, 6) is -0.00921. The molecule has 17 heavy (non-hydrogen) atoms. The minimum atomic E-state index is -0.684. The second kappa shape index (κ2) is 4.91. The summed E-state index contributed by atoms with van der Waals surface area (Å²) in [4.78, 5) is 11.0. The third-order valence-corrected chi connectivity index (χ3v) is 3.97. The standard InChI is InChI=1S/C15H20O2/c1-3-11-5-7-12-6-4-10(2)13(9-15(16)17)14(12)8-11/h5,7-8,10,13H,3-4,6,9H2,1-2H3,(H,16,17). The van der Waals surface area contributed by atoms with E-state index in [2.05, 4.69) is 32.0 Å². The van der Waals surface area contributed by atoms with E-state index in [0.29, 0.717) is 5.92 Å². The van der Waals surface area contributed by atoms with Crippen molar-refractivity contribution in [3.8, 4) is 0 Å². The second-order valence-electron chi connectivity index (χ2n) is 5.11. The summed E-state index contributed by atoms with van der Waals surface area (Å²) in [6.07, 6.45) is 3.48. The molecule has 1 aromatic carbocycles. The number of hydrogen-bond donors (Lipinski definition) is 1. The normalized spacial score (nSPS) is 23.2. The highest BCUT2D eigenvalue weighted by Gasteiger charge is 2.28. The van der Waals surface area contributed by atoms with E-state index in [9.17, 15) is 4.79 Å². The number of aliphatic carboxylic acids is 1. The highest BCUT2D eigenvalue weighted by molar-refractivity contribution is 5.68. The zero-order valence-corrected chi connectivity index (χ0v) is 10.6. The monoisotopic (exact) mass is 232 g/mol. The van der Waals surface area contributed by atoms with Crippen LogP contribution >= 0.6 is 0 Å². The molecule has 92 valence electrons. The molecule has 0 saturated carbocycles. The van der Waals surface area contributed by atoms with Gasteiger partial charge in [-0.05, 0) is 47.8 Å². The number of carbonyl (C=O) groups is 1. The lowest BCUT2D eigenvalue weighted by molar-refractivity contribution is -0.137. The molecule has 0 fully saturated rings. The van der Waals surface area contributed by atoms with Crippen LogP contribution in [0.3, 0.4) is 0 Å². The summed E-state index contributed by atoms with van der Waals surface area (Å²) in [6, 6.07) is 6.58. The fraction of sp³-hybridized carbons (Fsp3) is 0.533. The smallest absolute Gasteiger partial charge is 0.303 e. The van der Waals surface area contributed by atoms with Crippen LogP contribution < -0.4 is 0 Å². The molecule has 2 nitrogen and oxygen atoms in total. The number of fused-ring (bicyclic) bond motifs is 1. The van der Waals surface area contributed by atoms with E-state index < -0.39 is 5.97 Å². The van der Waals surface area contributed by atoms with Gasteiger partial charge in [0.2, 0.25) is 0 Å². The Morgan fingerprint density at radius 2 is 2.24 bits per heavy atom. The Bertz CT molecular complexity index is 423. The maximum absolute atomic E-state index is 11.0. The van der Waals surface area contributed by atoms with Crippen LogP contribution in [0.5, 0.6) is 0 Å². The van der Waals surface area contributed by atoms with Gasteiger partial charge in [-0.15, -0.1) is 0 Å². The summed E-state index contributed by atoms with van der Waals surface area (Å²) < 4.78 is 0. The van der Waals surface area contributed by atoms with Crippen molar-refractivity contribution in [2.24, 2.45) is 5.92 Å². The predicted molar refractivity (Wildman–Crippen MR) is 68.3 cm³/mol. The number of carboxylic acid groups (broad SMARTS) is 1. The summed E-state index contributed by atoms with van der Waals surface area (Å²) in [5, 5.41) is 9.04. The topological polar surface area (TPSA) is 37.3 Å². The van der Waals surface area contributed by atoms with Gasteiger partial charge in [-0.1, -0.05) is 32.0 Å². The fourth-order valence-electron chi connectivity index (χ4n) is 2.83. The van der Waals surface area contributed by atoms with Gasteiger partial charge in [0.1, 0.15) is 0 Å². The van der Waals surface area contributed by atoms with Crippen molar-refractivity contribution in [3.05, 3.63) is 34.9 Å². The van der Waals surface area contributed by atoms with Crippen molar-refractivity contribution >= 4 is 5.97 Å². The van der Waals surface area contributed by atoms with Gasteiger partial charge in [0.15, 0.2) is 0 Å². The van der Waals surface area contributed by atoms with Gasteiger partial charge in [0.25, 0.3) is 0 Å². The molecule has 2 atom stereocenters. The van der Waals surface area contributed by atoms with Crippen molar-refractivity contribution in [1.82, 2.24) is 0 Å². The van der Waals surface area contributed by atoms with Gasteiger partial charge in [-0.2, -0.15) is 0 Å². The first-order valence-electron chi connectivity index (χ1n) is 6.45. The van der Waals surface area contributed by atoms with E-state index in [4.69, 9.17) is 5.11 Å². The minimum Gasteiger partial charge on any atom is -0.481 e. The third-order valence-electron chi connectivity index (χ3n) is 3.97. The molecule has 0 amide bonds. The van der Waals surface area contributed by atoms with E-state index >= 15 is 0 Å². The highest BCUT2D eigenvalue weighted by atomic mass is 16.4. The Balaban J connectivity index is 2.37. The molecule has 0 radical (unpaired) electrons. The first kappa shape index (κ1) is 12.2. The van der Waals surface area contributed by atoms with Gasteiger partial charge >= 0.3 is 5.97 Å². The lowest BCUT2D eigenvalue weighted by Gasteiger charge is -2.31. The Kier molecular flexibility index (Phi) is 3.51. The van der Waals surface area contributed by atoms with Crippen LogP contribution in [-0.4, -0.2) is 11.1 Å². The quantitative estimate of drug-likeness (QED) is 0.867. The maximum atomic E-state index is 11.0. The van der Waals surface area contributed by atoms with Crippen LogP contribution in [0.25, 0.3) is 0 Å². The Morgan fingerprint density at radius 3 is 2.88 bits per heavy atom. The average Bonchev–Trinajstić information content (AvgIpc) is 2.32. The summed E-state index contributed by atoms with van der Waals surface area (Å²) in [7, 11) is 0. The molecular weight excluding hydrogens is 212 g/mol. The van der Waals surface area contributed by atoms with Gasteiger partial charge in [-0.3, -0.25) is 4.79 Å². The largest absolute Gasteiger partial charge is 0.481 e. The second-order valence-corrected chi connectivity index (χ2v) is 5.11. The first-order chi connectivity index (χ1) is 8.11. The average molecular weight is 232 g/mol. The van der Waals surface area contributed by atoms with Crippen LogP contribution in [0.2, 0.25) is 0 Å². The Morgan fingerprint density at radius 1 is 1.47 bits per heavy atom. The SMILES string of the molecule is CCc1ccc2c(c1)C(CC(=O)O)C(C)CC2. The summed E-state index contributed by atoms with van der Waals surface area (Å²) in [5.41, 5.74) is 3.95. The van der Waals surface area contributed by atoms with E-state index in [1.54, 1.807) is 0 Å². The number of hydrogen-bond acceptors (Lipinski definition) is 1. The van der Waals surface area contributed by atoms with Crippen molar-refractivity contribution < 1.29 is 9.90 Å². The molecule has 2 heteroatoms. The van der Waals surface area contributed by atoms with E-state index in [1.807, 2.05) is 0 Å². The molecule has 0 spiro atoms. The lowest BCUT2D eigenvalue weighted by atomic mass is 9.74. The van der Waals surface area contributed by atoms with Gasteiger partial charge < -0.3 is 5.11 Å². The molecule has 0 heterocycles. The van der Waals surface area contributed by atoms with Gasteiger partial charge in [0.05, 0.1) is 6.42 Å². The van der Waals surface area contributed by atoms with Crippen molar-refractivity contribution in [2.75, 3.05) is 0 Å². The maximum Gasteiger partial charge on any atom is 0.303 e. The lowest BCUT2D eigenvalue weighted by Crippen LogP contribution is -2.21. The zero-order chi connectivity index (χ0) is 12.4. The molecule has 1 N–H and O–H groups in total. The summed E-state index contributed by atoms with van der Waals surface area (Å²) >= 11 is 0. The fourth-order valence-corrected chi connectivity index (χ4v) is 2.83. The number of carboxylic acids is 1. The van der Waals surface area contributed by atoms with Crippen molar-refractivity contribution in [1.29, 1.82) is 0 Å². The van der Waals surface area contributed by atoms with Crippen molar-refractivity contribution in [3.63, 3.8) is 0 Å². The molecular formula is C15H20O2. The van der Waals surface area contributed by atoms with Gasteiger partial charge in [0, 0.05) is 0 Å². The number of benzene rings is 1. The van der Waals surface area contributed by atoms with Crippen LogP contribution in [0.1, 0.15) is 49.3 Å². The van der Waals surface area contributed by atoms with Crippen LogP contribution in [0.4, 0.5) is 0 Å². The minimum absolute atomic E-state index is 0.197. The van der Waals surface area contributed by atoms with Gasteiger partial charge in [-0.25, -0.2) is 0 Å². The number of rotatable bonds is 3. The predicted octanol–water partition coefficient (Wildman–Crippen LogP) is 3.39.